The maximum Gasteiger partial charge on any atom is 0.0978 e. The first kappa shape index (κ1) is 16.6. The van der Waals surface area contributed by atoms with Crippen molar-refractivity contribution in [2.45, 2.75) is 11.6 Å². The standard InChI is InChI=1S/C25H23N/c1-2-3-19-24-20-26(24)25(21-13-7-4-8-14-21,22-15-9-5-10-16-22)23-17-11-6-12-18-23/h2-19,24H,1,20H2/b19-3+. The third-order valence-electron chi connectivity index (χ3n) is 5.13. The first-order valence-corrected chi connectivity index (χ1v) is 9.10. The molecule has 3 aromatic rings. The predicted molar refractivity (Wildman–Crippen MR) is 109 cm³/mol. The van der Waals surface area contributed by atoms with Gasteiger partial charge in [0, 0.05) is 12.6 Å². The Balaban J connectivity index is 1.96. The monoisotopic (exact) mass is 337 g/mol. The lowest BCUT2D eigenvalue weighted by molar-refractivity contribution is 0.334. The fourth-order valence-electron chi connectivity index (χ4n) is 3.95. The van der Waals surface area contributed by atoms with E-state index in [2.05, 4.69) is 115 Å². The van der Waals surface area contributed by atoms with Gasteiger partial charge in [0.25, 0.3) is 0 Å². The summed E-state index contributed by atoms with van der Waals surface area (Å²) in [6.45, 7) is 4.85. The third-order valence-corrected chi connectivity index (χ3v) is 5.13. The molecular formula is C25H23N. The topological polar surface area (TPSA) is 3.01 Å². The molecule has 1 heteroatoms. The minimum atomic E-state index is -0.292. The lowest BCUT2D eigenvalue weighted by atomic mass is 9.76. The second-order valence-electron chi connectivity index (χ2n) is 6.65. The first-order chi connectivity index (χ1) is 12.9. The van der Waals surface area contributed by atoms with Crippen LogP contribution in [0.2, 0.25) is 0 Å². The molecule has 2 unspecified atom stereocenters. The van der Waals surface area contributed by atoms with Crippen LogP contribution in [0.15, 0.2) is 116 Å². The molecule has 1 aliphatic rings. The number of nitrogens with zero attached hydrogens (tertiary/aromatic N) is 1. The summed E-state index contributed by atoms with van der Waals surface area (Å²) in [5.74, 6) is 0. The SMILES string of the molecule is C=C/C=C/C1CN1C(c1ccccc1)(c1ccccc1)c1ccccc1. The zero-order chi connectivity index (χ0) is 17.8. The van der Waals surface area contributed by atoms with Crippen LogP contribution in [0.3, 0.4) is 0 Å². The highest BCUT2D eigenvalue weighted by Gasteiger charge is 2.51. The molecule has 0 bridgehead atoms. The number of rotatable bonds is 6. The Morgan fingerprint density at radius 3 is 1.54 bits per heavy atom. The van der Waals surface area contributed by atoms with Gasteiger partial charge in [-0.1, -0.05) is 116 Å². The van der Waals surface area contributed by atoms with Gasteiger partial charge in [0.05, 0.1) is 5.54 Å². The second-order valence-corrected chi connectivity index (χ2v) is 6.65. The third kappa shape index (κ3) is 2.81. The van der Waals surface area contributed by atoms with Gasteiger partial charge in [-0.25, -0.2) is 0 Å². The number of benzene rings is 3. The molecule has 0 saturated carbocycles. The molecule has 26 heavy (non-hydrogen) atoms. The van der Waals surface area contributed by atoms with Crippen molar-refractivity contribution in [2.75, 3.05) is 6.54 Å². The highest BCUT2D eigenvalue weighted by atomic mass is 15.4. The minimum absolute atomic E-state index is 0.292. The summed E-state index contributed by atoms with van der Waals surface area (Å²) in [4.78, 5) is 2.56. The number of hydrogen-bond acceptors (Lipinski definition) is 1. The van der Waals surface area contributed by atoms with Crippen LogP contribution in [-0.4, -0.2) is 17.5 Å². The van der Waals surface area contributed by atoms with Crippen molar-refractivity contribution in [1.29, 1.82) is 0 Å². The van der Waals surface area contributed by atoms with Crippen molar-refractivity contribution in [3.05, 3.63) is 132 Å². The molecule has 4 rings (SSSR count). The molecule has 0 N–H and O–H groups in total. The van der Waals surface area contributed by atoms with E-state index in [0.717, 1.165) is 6.54 Å². The second kappa shape index (κ2) is 7.15. The van der Waals surface area contributed by atoms with Crippen molar-refractivity contribution < 1.29 is 0 Å². The van der Waals surface area contributed by atoms with Crippen LogP contribution in [0.1, 0.15) is 16.7 Å². The molecule has 0 spiro atoms. The van der Waals surface area contributed by atoms with Crippen LogP contribution in [0, 0.1) is 0 Å². The van der Waals surface area contributed by atoms with Gasteiger partial charge in [-0.2, -0.15) is 0 Å². The Morgan fingerprint density at radius 1 is 0.731 bits per heavy atom. The number of allylic oxidation sites excluding steroid dienone is 2. The molecule has 1 nitrogen and oxygen atoms in total. The average molecular weight is 337 g/mol. The van der Waals surface area contributed by atoms with Gasteiger partial charge in [-0.3, -0.25) is 4.90 Å². The van der Waals surface area contributed by atoms with E-state index in [9.17, 15) is 0 Å². The minimum Gasteiger partial charge on any atom is -0.276 e. The van der Waals surface area contributed by atoms with E-state index in [0.29, 0.717) is 6.04 Å². The van der Waals surface area contributed by atoms with Gasteiger partial charge in [-0.15, -0.1) is 0 Å². The molecular weight excluding hydrogens is 314 g/mol. The Kier molecular flexibility index (Phi) is 4.55. The van der Waals surface area contributed by atoms with Crippen molar-refractivity contribution in [1.82, 2.24) is 4.90 Å². The molecule has 1 saturated heterocycles. The van der Waals surface area contributed by atoms with Crippen molar-refractivity contribution in [3.8, 4) is 0 Å². The smallest absolute Gasteiger partial charge is 0.0978 e. The molecule has 128 valence electrons. The normalized spacial score (nSPS) is 19.4. The largest absolute Gasteiger partial charge is 0.276 e. The lowest BCUT2D eigenvalue weighted by Crippen LogP contribution is -2.38. The predicted octanol–water partition coefficient (Wildman–Crippen LogP) is 5.40. The lowest BCUT2D eigenvalue weighted by Gasteiger charge is -2.38. The van der Waals surface area contributed by atoms with Gasteiger partial charge < -0.3 is 0 Å². The van der Waals surface area contributed by atoms with E-state index < -0.39 is 0 Å². The van der Waals surface area contributed by atoms with Gasteiger partial charge in [0.1, 0.15) is 0 Å². The molecule has 1 aliphatic heterocycles. The summed E-state index contributed by atoms with van der Waals surface area (Å²) >= 11 is 0. The molecule has 0 aliphatic carbocycles. The van der Waals surface area contributed by atoms with E-state index in [4.69, 9.17) is 0 Å². The quantitative estimate of drug-likeness (QED) is 0.330. The maximum atomic E-state index is 3.82. The Labute approximate surface area is 155 Å². The highest BCUT2D eigenvalue weighted by molar-refractivity contribution is 5.51. The van der Waals surface area contributed by atoms with E-state index in [1.54, 1.807) is 0 Å². The molecule has 0 aromatic heterocycles. The van der Waals surface area contributed by atoms with Gasteiger partial charge in [0.2, 0.25) is 0 Å². The molecule has 0 amide bonds. The van der Waals surface area contributed by atoms with Crippen molar-refractivity contribution in [2.24, 2.45) is 0 Å². The first-order valence-electron chi connectivity index (χ1n) is 9.10. The summed E-state index contributed by atoms with van der Waals surface area (Å²) in [6.07, 6.45) is 6.15. The summed E-state index contributed by atoms with van der Waals surface area (Å²) in [6, 6.07) is 32.9. The Hall–Kier alpha value is -2.90. The van der Waals surface area contributed by atoms with Crippen molar-refractivity contribution in [3.63, 3.8) is 0 Å². The molecule has 0 radical (unpaired) electrons. The van der Waals surface area contributed by atoms with Crippen LogP contribution >= 0.6 is 0 Å². The van der Waals surface area contributed by atoms with Gasteiger partial charge in [-0.05, 0) is 16.7 Å². The Morgan fingerprint density at radius 2 is 1.15 bits per heavy atom. The fourth-order valence-corrected chi connectivity index (χ4v) is 3.95. The number of hydrogen-bond donors (Lipinski definition) is 0. The molecule has 1 heterocycles. The van der Waals surface area contributed by atoms with Crippen LogP contribution in [0.4, 0.5) is 0 Å². The van der Waals surface area contributed by atoms with Gasteiger partial charge >= 0.3 is 0 Å². The summed E-state index contributed by atoms with van der Waals surface area (Å²) in [5.41, 5.74) is 3.60. The fraction of sp³-hybridized carbons (Fsp3) is 0.120. The van der Waals surface area contributed by atoms with Crippen LogP contribution in [-0.2, 0) is 5.54 Å². The van der Waals surface area contributed by atoms with Crippen LogP contribution in [0.25, 0.3) is 0 Å². The highest BCUT2D eigenvalue weighted by Crippen LogP contribution is 2.48. The summed E-state index contributed by atoms with van der Waals surface area (Å²) in [5, 5.41) is 0. The van der Waals surface area contributed by atoms with E-state index in [1.165, 1.54) is 16.7 Å². The van der Waals surface area contributed by atoms with E-state index in [-0.39, 0.29) is 5.54 Å². The van der Waals surface area contributed by atoms with Crippen LogP contribution in [0.5, 0.6) is 0 Å². The average Bonchev–Trinajstić information content (AvgIpc) is 3.49. The summed E-state index contributed by atoms with van der Waals surface area (Å²) < 4.78 is 0. The molecule has 2 atom stereocenters. The molecule has 3 aromatic carbocycles. The van der Waals surface area contributed by atoms with Crippen molar-refractivity contribution >= 4 is 0 Å². The zero-order valence-electron chi connectivity index (χ0n) is 14.8. The maximum absolute atomic E-state index is 3.82. The zero-order valence-corrected chi connectivity index (χ0v) is 14.8. The van der Waals surface area contributed by atoms with Crippen LogP contribution < -0.4 is 0 Å². The van der Waals surface area contributed by atoms with E-state index >= 15 is 0 Å². The Bertz CT molecular complexity index is 785. The van der Waals surface area contributed by atoms with Gasteiger partial charge in [0.15, 0.2) is 0 Å². The molecule has 1 fully saturated rings. The van der Waals surface area contributed by atoms with E-state index in [1.807, 2.05) is 6.08 Å². The summed E-state index contributed by atoms with van der Waals surface area (Å²) in [7, 11) is 0.